The maximum Gasteiger partial charge on any atom is 0.287 e. The lowest BCUT2D eigenvalue weighted by atomic mass is 9.95. The second kappa shape index (κ2) is 6.31. The minimum Gasteiger partial charge on any atom is -0.451 e. The first-order valence-corrected chi connectivity index (χ1v) is 7.60. The van der Waals surface area contributed by atoms with Gasteiger partial charge in [0.2, 0.25) is 0 Å². The highest BCUT2D eigenvalue weighted by Crippen LogP contribution is 2.27. The van der Waals surface area contributed by atoms with Crippen LogP contribution in [0, 0.1) is 0 Å². The van der Waals surface area contributed by atoms with E-state index >= 15 is 0 Å². The Bertz CT molecular complexity index is 626. The second-order valence-corrected chi connectivity index (χ2v) is 5.65. The lowest BCUT2D eigenvalue weighted by molar-refractivity contribution is 0.0895. The minimum atomic E-state index is -0.120. The summed E-state index contributed by atoms with van der Waals surface area (Å²) in [6, 6.07) is 7.97. The maximum atomic E-state index is 12.5. The molecule has 1 saturated carbocycles. The van der Waals surface area contributed by atoms with Crippen LogP contribution < -0.4 is 5.32 Å². The van der Waals surface area contributed by atoms with E-state index in [0.717, 1.165) is 29.4 Å². The van der Waals surface area contributed by atoms with Crippen LogP contribution in [0.2, 0.25) is 0 Å². The molecule has 0 radical (unpaired) electrons. The molecule has 112 valence electrons. The zero-order valence-corrected chi connectivity index (χ0v) is 12.4. The van der Waals surface area contributed by atoms with Crippen molar-refractivity contribution < 1.29 is 13.9 Å². The van der Waals surface area contributed by atoms with Gasteiger partial charge in [0, 0.05) is 24.1 Å². The molecular weight excluding hydrogens is 266 g/mol. The van der Waals surface area contributed by atoms with Crippen LogP contribution >= 0.6 is 0 Å². The molecule has 1 fully saturated rings. The molecule has 1 heterocycles. The highest BCUT2D eigenvalue weighted by atomic mass is 16.5. The first-order valence-electron chi connectivity index (χ1n) is 7.60. The van der Waals surface area contributed by atoms with Gasteiger partial charge in [-0.05, 0) is 18.9 Å². The van der Waals surface area contributed by atoms with Gasteiger partial charge < -0.3 is 14.5 Å². The Morgan fingerprint density at radius 2 is 2.05 bits per heavy atom. The number of hydrogen-bond donors (Lipinski definition) is 1. The number of hydrogen-bond acceptors (Lipinski definition) is 3. The summed E-state index contributed by atoms with van der Waals surface area (Å²) in [4.78, 5) is 12.5. The van der Waals surface area contributed by atoms with Gasteiger partial charge in [-0.25, -0.2) is 0 Å². The van der Waals surface area contributed by atoms with Gasteiger partial charge in [-0.2, -0.15) is 0 Å². The smallest absolute Gasteiger partial charge is 0.287 e. The molecule has 4 nitrogen and oxygen atoms in total. The lowest BCUT2D eigenvalue weighted by Gasteiger charge is -2.22. The molecule has 0 aliphatic heterocycles. The normalized spacial score (nSPS) is 16.2. The quantitative estimate of drug-likeness (QED) is 0.934. The van der Waals surface area contributed by atoms with Crippen molar-refractivity contribution in [1.29, 1.82) is 0 Å². The van der Waals surface area contributed by atoms with Crippen molar-refractivity contribution in [3.63, 3.8) is 0 Å². The third-order valence-electron chi connectivity index (χ3n) is 4.13. The summed E-state index contributed by atoms with van der Waals surface area (Å²) in [5.74, 6) is 0.272. The van der Waals surface area contributed by atoms with Crippen molar-refractivity contribution in [2.24, 2.45) is 0 Å². The van der Waals surface area contributed by atoms with E-state index < -0.39 is 0 Å². The molecule has 1 aliphatic rings. The van der Waals surface area contributed by atoms with E-state index in [0.29, 0.717) is 12.4 Å². The van der Waals surface area contributed by atoms with Crippen LogP contribution in [-0.4, -0.2) is 19.1 Å². The third kappa shape index (κ3) is 2.95. The molecule has 21 heavy (non-hydrogen) atoms. The molecule has 0 bridgehead atoms. The zero-order valence-electron chi connectivity index (χ0n) is 12.4. The minimum absolute atomic E-state index is 0.120. The Hall–Kier alpha value is -1.81. The van der Waals surface area contributed by atoms with Crippen LogP contribution in [0.1, 0.15) is 48.2 Å². The van der Waals surface area contributed by atoms with Gasteiger partial charge in [-0.3, -0.25) is 4.79 Å². The molecule has 0 saturated heterocycles. The van der Waals surface area contributed by atoms with Crippen LogP contribution in [0.25, 0.3) is 11.0 Å². The highest BCUT2D eigenvalue weighted by Gasteiger charge is 2.23. The van der Waals surface area contributed by atoms with Crippen LogP contribution in [-0.2, 0) is 11.3 Å². The predicted octanol–water partition coefficient (Wildman–Crippen LogP) is 3.64. The van der Waals surface area contributed by atoms with Gasteiger partial charge in [0.05, 0.1) is 6.61 Å². The Kier molecular flexibility index (Phi) is 4.25. The predicted molar refractivity (Wildman–Crippen MR) is 81.3 cm³/mol. The molecule has 1 N–H and O–H groups in total. The molecule has 0 spiro atoms. The number of carbonyl (C=O) groups excluding carboxylic acids is 1. The SMILES string of the molecule is COCc1c(C(=O)NC2CCCCC2)oc2ccccc12. The number of rotatable bonds is 4. The van der Waals surface area contributed by atoms with Gasteiger partial charge >= 0.3 is 0 Å². The number of amides is 1. The highest BCUT2D eigenvalue weighted by molar-refractivity contribution is 5.99. The van der Waals surface area contributed by atoms with Crippen molar-refractivity contribution in [2.75, 3.05) is 7.11 Å². The number of para-hydroxylation sites is 1. The lowest BCUT2D eigenvalue weighted by Crippen LogP contribution is -2.36. The molecule has 0 atom stereocenters. The Labute approximate surface area is 124 Å². The number of nitrogens with one attached hydrogen (secondary N) is 1. The van der Waals surface area contributed by atoms with E-state index in [1.807, 2.05) is 24.3 Å². The van der Waals surface area contributed by atoms with Gasteiger partial charge in [0.15, 0.2) is 5.76 Å². The molecule has 1 aromatic carbocycles. The summed E-state index contributed by atoms with van der Waals surface area (Å²) >= 11 is 0. The van der Waals surface area contributed by atoms with E-state index in [-0.39, 0.29) is 11.9 Å². The van der Waals surface area contributed by atoms with E-state index in [4.69, 9.17) is 9.15 Å². The Balaban J connectivity index is 1.87. The third-order valence-corrected chi connectivity index (χ3v) is 4.13. The van der Waals surface area contributed by atoms with Crippen LogP contribution in [0.5, 0.6) is 0 Å². The van der Waals surface area contributed by atoms with Crippen molar-refractivity contribution in [2.45, 2.75) is 44.8 Å². The molecule has 3 rings (SSSR count). The number of methoxy groups -OCH3 is 1. The average Bonchev–Trinajstić information content (AvgIpc) is 2.88. The summed E-state index contributed by atoms with van der Waals surface area (Å²) < 4.78 is 11.0. The van der Waals surface area contributed by atoms with Gasteiger partial charge in [0.1, 0.15) is 5.58 Å². The Morgan fingerprint density at radius 1 is 1.29 bits per heavy atom. The van der Waals surface area contributed by atoms with E-state index in [9.17, 15) is 4.79 Å². The van der Waals surface area contributed by atoms with Gasteiger partial charge in [-0.1, -0.05) is 37.5 Å². The van der Waals surface area contributed by atoms with Crippen molar-refractivity contribution >= 4 is 16.9 Å². The molecular formula is C17H21NO3. The van der Waals surface area contributed by atoms with Crippen LogP contribution in [0.4, 0.5) is 0 Å². The fraction of sp³-hybridized carbons (Fsp3) is 0.471. The summed E-state index contributed by atoms with van der Waals surface area (Å²) in [6.45, 7) is 0.379. The van der Waals surface area contributed by atoms with E-state index in [1.54, 1.807) is 7.11 Å². The van der Waals surface area contributed by atoms with E-state index in [1.165, 1.54) is 19.3 Å². The van der Waals surface area contributed by atoms with Crippen molar-refractivity contribution in [1.82, 2.24) is 5.32 Å². The molecule has 1 aromatic heterocycles. The Morgan fingerprint density at radius 3 is 2.81 bits per heavy atom. The number of fused-ring (bicyclic) bond motifs is 1. The molecule has 4 heteroatoms. The molecule has 0 unspecified atom stereocenters. The summed E-state index contributed by atoms with van der Waals surface area (Å²) in [7, 11) is 1.63. The van der Waals surface area contributed by atoms with Gasteiger partial charge in [0.25, 0.3) is 5.91 Å². The van der Waals surface area contributed by atoms with Crippen LogP contribution in [0.15, 0.2) is 28.7 Å². The topological polar surface area (TPSA) is 51.5 Å². The first-order chi connectivity index (χ1) is 10.3. The molecule has 1 amide bonds. The monoisotopic (exact) mass is 287 g/mol. The summed E-state index contributed by atoms with van der Waals surface area (Å²) in [5.41, 5.74) is 1.57. The standard InChI is InChI=1S/C17H21NO3/c1-20-11-14-13-9-5-6-10-15(13)21-16(14)17(19)18-12-7-3-2-4-8-12/h5-6,9-10,12H,2-4,7-8,11H2,1H3,(H,18,19). The summed E-state index contributed by atoms with van der Waals surface area (Å²) in [6.07, 6.45) is 5.77. The summed E-state index contributed by atoms with van der Waals surface area (Å²) in [5, 5.41) is 4.06. The van der Waals surface area contributed by atoms with Crippen LogP contribution in [0.3, 0.4) is 0 Å². The fourth-order valence-electron chi connectivity index (χ4n) is 3.07. The largest absolute Gasteiger partial charge is 0.451 e. The van der Waals surface area contributed by atoms with Crippen molar-refractivity contribution in [3.8, 4) is 0 Å². The van der Waals surface area contributed by atoms with E-state index in [2.05, 4.69) is 5.32 Å². The fourth-order valence-corrected chi connectivity index (χ4v) is 3.07. The molecule has 1 aliphatic carbocycles. The maximum absolute atomic E-state index is 12.5. The number of carbonyl (C=O) groups is 1. The average molecular weight is 287 g/mol. The number of ether oxygens (including phenoxy) is 1. The number of furan rings is 1. The zero-order chi connectivity index (χ0) is 14.7. The second-order valence-electron chi connectivity index (χ2n) is 5.65. The van der Waals surface area contributed by atoms with Gasteiger partial charge in [-0.15, -0.1) is 0 Å². The number of benzene rings is 1. The molecule has 2 aromatic rings. The first kappa shape index (κ1) is 14.1. The van der Waals surface area contributed by atoms with Crippen molar-refractivity contribution in [3.05, 3.63) is 35.6 Å².